The van der Waals surface area contributed by atoms with Crippen molar-refractivity contribution in [1.29, 1.82) is 0 Å². The standard InChI is InChI=1S/C20H13N3O3S/c24-19(13-5-1-2-7-15(13)23(25)26)22-20-21-18-14-6-3-4-11-8-9-12(17(11)14)10-16(18)27-20/h1-7,10H,8-9H2,(H,21,22,24). The van der Waals surface area contributed by atoms with Crippen molar-refractivity contribution in [1.82, 2.24) is 4.98 Å². The second-order valence-corrected chi connectivity index (χ2v) is 7.50. The molecule has 7 heteroatoms. The first-order valence-corrected chi connectivity index (χ1v) is 9.32. The Kier molecular flexibility index (Phi) is 3.45. The van der Waals surface area contributed by atoms with Crippen molar-refractivity contribution in [2.75, 3.05) is 5.32 Å². The minimum absolute atomic E-state index is 0.0238. The molecule has 1 aliphatic rings. The van der Waals surface area contributed by atoms with Crippen LogP contribution in [0.2, 0.25) is 0 Å². The van der Waals surface area contributed by atoms with Gasteiger partial charge in [0.25, 0.3) is 11.6 Å². The highest BCUT2D eigenvalue weighted by molar-refractivity contribution is 7.22. The van der Waals surface area contributed by atoms with Crippen LogP contribution in [0.25, 0.3) is 21.0 Å². The van der Waals surface area contributed by atoms with Crippen LogP contribution < -0.4 is 5.32 Å². The molecular formula is C20H13N3O3S. The third kappa shape index (κ3) is 2.47. The Hall–Kier alpha value is -3.32. The van der Waals surface area contributed by atoms with Crippen LogP contribution in [-0.4, -0.2) is 15.8 Å². The molecule has 27 heavy (non-hydrogen) atoms. The van der Waals surface area contributed by atoms with Crippen molar-refractivity contribution in [3.05, 3.63) is 75.3 Å². The molecule has 0 saturated carbocycles. The molecule has 132 valence electrons. The quantitative estimate of drug-likeness (QED) is 0.415. The number of para-hydroxylation sites is 1. The molecule has 0 fully saturated rings. The Morgan fingerprint density at radius 3 is 2.78 bits per heavy atom. The van der Waals surface area contributed by atoms with E-state index in [9.17, 15) is 14.9 Å². The van der Waals surface area contributed by atoms with Crippen LogP contribution >= 0.6 is 11.3 Å². The Morgan fingerprint density at radius 1 is 1.11 bits per heavy atom. The van der Waals surface area contributed by atoms with Crippen molar-refractivity contribution in [3.8, 4) is 0 Å². The number of fused-ring (bicyclic) bond motifs is 2. The molecule has 0 aliphatic heterocycles. The highest BCUT2D eigenvalue weighted by Crippen LogP contribution is 2.39. The number of rotatable bonds is 3. The van der Waals surface area contributed by atoms with Gasteiger partial charge >= 0.3 is 0 Å². The Labute approximate surface area is 157 Å². The number of thiazole rings is 1. The Bertz CT molecular complexity index is 1260. The first-order valence-electron chi connectivity index (χ1n) is 8.50. The summed E-state index contributed by atoms with van der Waals surface area (Å²) in [6.45, 7) is 0. The number of nitrogens with zero attached hydrogens (tertiary/aromatic N) is 2. The van der Waals surface area contributed by atoms with Gasteiger partial charge in [0, 0.05) is 11.5 Å². The molecule has 0 unspecified atom stereocenters. The topological polar surface area (TPSA) is 85.1 Å². The zero-order chi connectivity index (χ0) is 18.5. The monoisotopic (exact) mass is 375 g/mol. The fourth-order valence-corrected chi connectivity index (χ4v) is 4.69. The van der Waals surface area contributed by atoms with Gasteiger partial charge in [0.15, 0.2) is 5.13 Å². The molecule has 5 rings (SSSR count). The summed E-state index contributed by atoms with van der Waals surface area (Å²) in [6, 6.07) is 14.3. The number of amides is 1. The molecule has 0 saturated heterocycles. The van der Waals surface area contributed by atoms with Crippen LogP contribution in [0.15, 0.2) is 48.5 Å². The maximum Gasteiger partial charge on any atom is 0.282 e. The van der Waals surface area contributed by atoms with E-state index in [2.05, 4.69) is 28.5 Å². The van der Waals surface area contributed by atoms with Crippen LogP contribution in [-0.2, 0) is 12.8 Å². The average molecular weight is 375 g/mol. The molecule has 1 heterocycles. The number of anilines is 1. The Morgan fingerprint density at radius 2 is 1.93 bits per heavy atom. The van der Waals surface area contributed by atoms with Crippen molar-refractivity contribution in [3.63, 3.8) is 0 Å². The first-order chi connectivity index (χ1) is 13.1. The largest absolute Gasteiger partial charge is 0.298 e. The summed E-state index contributed by atoms with van der Waals surface area (Å²) in [5.74, 6) is -0.529. The highest BCUT2D eigenvalue weighted by atomic mass is 32.1. The number of nitro benzene ring substituents is 1. The summed E-state index contributed by atoms with van der Waals surface area (Å²) < 4.78 is 1.01. The van der Waals surface area contributed by atoms with Gasteiger partial charge < -0.3 is 0 Å². The van der Waals surface area contributed by atoms with Crippen molar-refractivity contribution < 1.29 is 9.72 Å². The van der Waals surface area contributed by atoms with Gasteiger partial charge in [-0.2, -0.15) is 0 Å². The van der Waals surface area contributed by atoms with Gasteiger partial charge in [0.05, 0.1) is 15.1 Å². The highest BCUT2D eigenvalue weighted by Gasteiger charge is 2.22. The molecule has 1 aromatic heterocycles. The summed E-state index contributed by atoms with van der Waals surface area (Å²) in [5.41, 5.74) is 3.31. The van der Waals surface area contributed by atoms with Gasteiger partial charge in [-0.25, -0.2) is 4.98 Å². The predicted molar refractivity (Wildman–Crippen MR) is 106 cm³/mol. The third-order valence-electron chi connectivity index (χ3n) is 4.92. The maximum absolute atomic E-state index is 12.6. The number of carbonyl (C=O) groups excluding carboxylic acids is 1. The average Bonchev–Trinajstić information content (AvgIpc) is 3.27. The van der Waals surface area contributed by atoms with E-state index in [4.69, 9.17) is 0 Å². The van der Waals surface area contributed by atoms with E-state index in [1.165, 1.54) is 46.0 Å². The molecule has 0 spiro atoms. The SMILES string of the molecule is O=C(Nc1nc2c(cc3c4c(cccc42)CC3)s1)c1ccccc1[N+](=O)[O-]. The van der Waals surface area contributed by atoms with Gasteiger partial charge in [-0.15, -0.1) is 0 Å². The van der Waals surface area contributed by atoms with E-state index >= 15 is 0 Å². The number of nitro groups is 1. The van der Waals surface area contributed by atoms with E-state index in [-0.39, 0.29) is 11.3 Å². The normalized spacial score (nSPS) is 12.6. The summed E-state index contributed by atoms with van der Waals surface area (Å²) in [4.78, 5) is 27.8. The van der Waals surface area contributed by atoms with Gasteiger partial charge in [-0.1, -0.05) is 41.7 Å². The lowest BCUT2D eigenvalue weighted by atomic mass is 10.0. The van der Waals surface area contributed by atoms with E-state index in [0.29, 0.717) is 5.13 Å². The number of hydrogen-bond acceptors (Lipinski definition) is 5. The molecule has 4 aromatic rings. The van der Waals surface area contributed by atoms with Crippen molar-refractivity contribution in [2.24, 2.45) is 0 Å². The minimum atomic E-state index is -0.555. The molecular weight excluding hydrogens is 362 g/mol. The van der Waals surface area contributed by atoms with Crippen LogP contribution in [0.4, 0.5) is 10.8 Å². The van der Waals surface area contributed by atoms with Crippen molar-refractivity contribution in [2.45, 2.75) is 12.8 Å². The summed E-state index contributed by atoms with van der Waals surface area (Å²) in [7, 11) is 0. The van der Waals surface area contributed by atoms with E-state index < -0.39 is 10.8 Å². The zero-order valence-electron chi connectivity index (χ0n) is 14.1. The van der Waals surface area contributed by atoms with Gasteiger partial charge in [-0.3, -0.25) is 20.2 Å². The second kappa shape index (κ2) is 5.85. The molecule has 0 bridgehead atoms. The summed E-state index contributed by atoms with van der Waals surface area (Å²) in [6.07, 6.45) is 2.06. The van der Waals surface area contributed by atoms with E-state index in [1.54, 1.807) is 6.07 Å². The minimum Gasteiger partial charge on any atom is -0.298 e. The number of aryl methyl sites for hydroxylation is 2. The van der Waals surface area contributed by atoms with Gasteiger partial charge in [0.1, 0.15) is 5.56 Å². The summed E-state index contributed by atoms with van der Waals surface area (Å²) in [5, 5.41) is 16.7. The molecule has 1 N–H and O–H groups in total. The number of aromatic nitrogens is 1. The fourth-order valence-electron chi connectivity index (χ4n) is 3.75. The zero-order valence-corrected chi connectivity index (χ0v) is 14.9. The van der Waals surface area contributed by atoms with Crippen LogP contribution in [0.3, 0.4) is 0 Å². The molecule has 3 aromatic carbocycles. The summed E-state index contributed by atoms with van der Waals surface area (Å²) >= 11 is 1.39. The fraction of sp³-hybridized carbons (Fsp3) is 0.100. The smallest absolute Gasteiger partial charge is 0.282 e. The molecule has 0 atom stereocenters. The van der Waals surface area contributed by atoms with E-state index in [1.807, 2.05) is 6.07 Å². The van der Waals surface area contributed by atoms with Crippen LogP contribution in [0.5, 0.6) is 0 Å². The van der Waals surface area contributed by atoms with Crippen LogP contribution in [0, 0.1) is 10.1 Å². The third-order valence-corrected chi connectivity index (χ3v) is 5.83. The van der Waals surface area contributed by atoms with Gasteiger partial charge in [-0.05, 0) is 41.5 Å². The Balaban J connectivity index is 1.57. The number of benzene rings is 3. The number of carbonyl (C=O) groups is 1. The van der Waals surface area contributed by atoms with Crippen molar-refractivity contribution >= 4 is 49.1 Å². The maximum atomic E-state index is 12.6. The molecule has 1 amide bonds. The number of hydrogen-bond donors (Lipinski definition) is 1. The molecule has 0 radical (unpaired) electrons. The molecule has 1 aliphatic carbocycles. The lowest BCUT2D eigenvalue weighted by Crippen LogP contribution is -2.13. The lowest BCUT2D eigenvalue weighted by molar-refractivity contribution is -0.385. The number of nitrogens with one attached hydrogen (secondary N) is 1. The van der Waals surface area contributed by atoms with Gasteiger partial charge in [0.2, 0.25) is 0 Å². The second-order valence-electron chi connectivity index (χ2n) is 6.47. The first kappa shape index (κ1) is 15.9. The van der Waals surface area contributed by atoms with E-state index in [0.717, 1.165) is 28.4 Å². The van der Waals surface area contributed by atoms with Crippen LogP contribution in [0.1, 0.15) is 21.5 Å². The molecule has 6 nitrogen and oxygen atoms in total. The lowest BCUT2D eigenvalue weighted by Gasteiger charge is -2.02. The predicted octanol–water partition coefficient (Wildman–Crippen LogP) is 4.71.